The van der Waals surface area contributed by atoms with Crippen LogP contribution in [0.2, 0.25) is 5.02 Å². The molecule has 0 aliphatic carbocycles. The van der Waals surface area contributed by atoms with E-state index < -0.39 is 4.92 Å². The van der Waals surface area contributed by atoms with Gasteiger partial charge in [-0.15, -0.1) is 0 Å². The van der Waals surface area contributed by atoms with Gasteiger partial charge in [-0.3, -0.25) is 10.1 Å². The van der Waals surface area contributed by atoms with Gasteiger partial charge < -0.3 is 10.1 Å². The van der Waals surface area contributed by atoms with E-state index in [-0.39, 0.29) is 12.3 Å². The fourth-order valence-corrected chi connectivity index (χ4v) is 1.55. The predicted octanol–water partition coefficient (Wildman–Crippen LogP) is 2.37. The lowest BCUT2D eigenvalue weighted by atomic mass is 10.2. The monoisotopic (exact) mass is 258 g/mol. The maximum atomic E-state index is 10.8. The summed E-state index contributed by atoms with van der Waals surface area (Å²) in [5.74, 6) is 0. The van der Waals surface area contributed by atoms with Gasteiger partial charge in [0, 0.05) is 17.6 Å². The molecule has 0 fully saturated rings. The van der Waals surface area contributed by atoms with Crippen molar-refractivity contribution in [3.05, 3.63) is 38.9 Å². The van der Waals surface area contributed by atoms with Crippen LogP contribution in [-0.2, 0) is 11.3 Å². The smallest absolute Gasteiger partial charge is 0.275 e. The molecule has 0 heterocycles. The van der Waals surface area contributed by atoms with Gasteiger partial charge in [0.2, 0.25) is 0 Å². The number of nitro groups is 1. The first kappa shape index (κ1) is 13.9. The third kappa shape index (κ3) is 4.68. The summed E-state index contributed by atoms with van der Waals surface area (Å²) < 4.78 is 5.34. The SMILES string of the molecule is CCNCCOCc1cc(Cl)ccc1[N+](=O)[O-]. The van der Waals surface area contributed by atoms with Crippen molar-refractivity contribution in [1.29, 1.82) is 0 Å². The van der Waals surface area contributed by atoms with Crippen molar-refractivity contribution in [3.8, 4) is 0 Å². The van der Waals surface area contributed by atoms with Crippen molar-refractivity contribution in [2.24, 2.45) is 0 Å². The highest BCUT2D eigenvalue weighted by molar-refractivity contribution is 6.30. The molecule has 0 amide bonds. The summed E-state index contributed by atoms with van der Waals surface area (Å²) in [5, 5.41) is 14.3. The summed E-state index contributed by atoms with van der Waals surface area (Å²) in [6, 6.07) is 4.46. The van der Waals surface area contributed by atoms with Crippen LogP contribution in [0.25, 0.3) is 0 Å². The fraction of sp³-hybridized carbons (Fsp3) is 0.455. The Bertz CT molecular complexity index is 385. The molecular formula is C11H15ClN2O3. The molecule has 0 saturated carbocycles. The Morgan fingerprint density at radius 3 is 2.94 bits per heavy atom. The van der Waals surface area contributed by atoms with E-state index >= 15 is 0 Å². The van der Waals surface area contributed by atoms with Gasteiger partial charge in [-0.25, -0.2) is 0 Å². The van der Waals surface area contributed by atoms with E-state index in [1.165, 1.54) is 12.1 Å². The summed E-state index contributed by atoms with van der Waals surface area (Å²) in [7, 11) is 0. The molecule has 0 bridgehead atoms. The van der Waals surface area contributed by atoms with Gasteiger partial charge >= 0.3 is 0 Å². The molecule has 0 saturated heterocycles. The zero-order valence-corrected chi connectivity index (χ0v) is 10.4. The molecule has 1 N–H and O–H groups in total. The third-order valence-electron chi connectivity index (χ3n) is 2.17. The van der Waals surface area contributed by atoms with Crippen molar-refractivity contribution < 1.29 is 9.66 Å². The second-order valence-corrected chi connectivity index (χ2v) is 3.87. The quantitative estimate of drug-likeness (QED) is 0.463. The fourth-order valence-electron chi connectivity index (χ4n) is 1.35. The van der Waals surface area contributed by atoms with Crippen LogP contribution in [0.3, 0.4) is 0 Å². The Balaban J connectivity index is 2.56. The molecule has 0 aliphatic heterocycles. The minimum atomic E-state index is -0.431. The molecule has 5 nitrogen and oxygen atoms in total. The third-order valence-corrected chi connectivity index (χ3v) is 2.40. The van der Waals surface area contributed by atoms with Gasteiger partial charge in [0.25, 0.3) is 5.69 Å². The van der Waals surface area contributed by atoms with Crippen LogP contribution in [0.4, 0.5) is 5.69 Å². The number of likely N-dealkylation sites (N-methyl/N-ethyl adjacent to an activating group) is 1. The molecule has 0 spiro atoms. The van der Waals surface area contributed by atoms with E-state index in [4.69, 9.17) is 16.3 Å². The highest BCUT2D eigenvalue weighted by Gasteiger charge is 2.13. The predicted molar refractivity (Wildman–Crippen MR) is 66.3 cm³/mol. The number of rotatable bonds is 7. The summed E-state index contributed by atoms with van der Waals surface area (Å²) in [6.45, 7) is 4.31. The zero-order valence-electron chi connectivity index (χ0n) is 9.61. The van der Waals surface area contributed by atoms with Crippen LogP contribution in [0.1, 0.15) is 12.5 Å². The number of nitro benzene ring substituents is 1. The van der Waals surface area contributed by atoms with Gasteiger partial charge in [-0.05, 0) is 18.7 Å². The number of ether oxygens (including phenoxy) is 1. The largest absolute Gasteiger partial charge is 0.375 e. The lowest BCUT2D eigenvalue weighted by Gasteiger charge is -2.06. The van der Waals surface area contributed by atoms with Gasteiger partial charge in [0.1, 0.15) is 0 Å². The van der Waals surface area contributed by atoms with Gasteiger partial charge in [-0.2, -0.15) is 0 Å². The second kappa shape index (κ2) is 7.21. The van der Waals surface area contributed by atoms with E-state index in [0.717, 1.165) is 13.1 Å². The van der Waals surface area contributed by atoms with Gasteiger partial charge in [0.05, 0.1) is 23.7 Å². The number of nitrogens with one attached hydrogen (secondary N) is 1. The Kier molecular flexibility index (Phi) is 5.90. The van der Waals surface area contributed by atoms with Crippen LogP contribution in [0.15, 0.2) is 18.2 Å². The van der Waals surface area contributed by atoms with Crippen molar-refractivity contribution in [2.45, 2.75) is 13.5 Å². The van der Waals surface area contributed by atoms with Crippen LogP contribution in [0, 0.1) is 10.1 Å². The van der Waals surface area contributed by atoms with E-state index in [1.807, 2.05) is 6.92 Å². The van der Waals surface area contributed by atoms with Crippen molar-refractivity contribution in [2.75, 3.05) is 19.7 Å². The first-order chi connectivity index (χ1) is 8.15. The van der Waals surface area contributed by atoms with Crippen LogP contribution in [-0.4, -0.2) is 24.6 Å². The topological polar surface area (TPSA) is 64.4 Å². The van der Waals surface area contributed by atoms with Gasteiger partial charge in [0.15, 0.2) is 0 Å². The van der Waals surface area contributed by atoms with Crippen LogP contribution >= 0.6 is 11.6 Å². The Morgan fingerprint density at radius 1 is 1.53 bits per heavy atom. The van der Waals surface area contributed by atoms with Crippen molar-refractivity contribution in [1.82, 2.24) is 5.32 Å². The first-order valence-electron chi connectivity index (χ1n) is 5.36. The lowest BCUT2D eigenvalue weighted by molar-refractivity contribution is -0.385. The Hall–Kier alpha value is -1.17. The van der Waals surface area contributed by atoms with E-state index in [1.54, 1.807) is 6.07 Å². The van der Waals surface area contributed by atoms with Crippen molar-refractivity contribution >= 4 is 17.3 Å². The molecule has 0 atom stereocenters. The van der Waals surface area contributed by atoms with Gasteiger partial charge in [-0.1, -0.05) is 18.5 Å². The molecule has 94 valence electrons. The molecule has 1 aromatic rings. The summed E-state index contributed by atoms with van der Waals surface area (Å²) >= 11 is 5.79. The molecule has 0 unspecified atom stereocenters. The minimum absolute atomic E-state index is 0.0397. The number of hydrogen-bond donors (Lipinski definition) is 1. The maximum absolute atomic E-state index is 10.8. The first-order valence-corrected chi connectivity index (χ1v) is 5.74. The Labute approximate surface area is 105 Å². The molecule has 6 heteroatoms. The average Bonchev–Trinajstić information content (AvgIpc) is 2.28. The number of nitrogens with zero attached hydrogens (tertiary/aromatic N) is 1. The maximum Gasteiger partial charge on any atom is 0.275 e. The second-order valence-electron chi connectivity index (χ2n) is 3.44. The highest BCUT2D eigenvalue weighted by atomic mass is 35.5. The van der Waals surface area contributed by atoms with E-state index in [9.17, 15) is 10.1 Å². The summed E-state index contributed by atoms with van der Waals surface area (Å²) in [6.07, 6.45) is 0. The lowest BCUT2D eigenvalue weighted by Crippen LogP contribution is -2.18. The number of benzene rings is 1. The van der Waals surface area contributed by atoms with E-state index in [2.05, 4.69) is 5.32 Å². The highest BCUT2D eigenvalue weighted by Crippen LogP contribution is 2.23. The Morgan fingerprint density at radius 2 is 2.29 bits per heavy atom. The molecule has 0 aromatic heterocycles. The molecule has 1 aromatic carbocycles. The average molecular weight is 259 g/mol. The normalized spacial score (nSPS) is 10.5. The summed E-state index contributed by atoms with van der Waals surface area (Å²) in [4.78, 5) is 10.3. The molecule has 0 radical (unpaired) electrons. The number of hydrogen-bond acceptors (Lipinski definition) is 4. The van der Waals surface area contributed by atoms with Crippen LogP contribution < -0.4 is 5.32 Å². The standard InChI is InChI=1S/C11H15ClN2O3/c1-2-13-5-6-17-8-9-7-10(12)3-4-11(9)14(15)16/h3-4,7,13H,2,5-6,8H2,1H3. The van der Waals surface area contributed by atoms with Crippen LogP contribution in [0.5, 0.6) is 0 Å². The number of halogens is 1. The molecular weight excluding hydrogens is 244 g/mol. The van der Waals surface area contributed by atoms with Crippen molar-refractivity contribution in [3.63, 3.8) is 0 Å². The molecule has 0 aliphatic rings. The molecule has 1 rings (SSSR count). The molecule has 17 heavy (non-hydrogen) atoms. The minimum Gasteiger partial charge on any atom is -0.375 e. The zero-order chi connectivity index (χ0) is 12.7. The summed E-state index contributed by atoms with van der Waals surface area (Å²) in [5.41, 5.74) is 0.539. The van der Waals surface area contributed by atoms with E-state index in [0.29, 0.717) is 17.2 Å².